The van der Waals surface area contributed by atoms with Crippen LogP contribution in [0.1, 0.15) is 5.69 Å². The fraction of sp³-hybridized carbons (Fsp3) is 0.364. The second kappa shape index (κ2) is 3.88. The first kappa shape index (κ1) is 11.3. The van der Waals surface area contributed by atoms with Crippen molar-refractivity contribution in [2.45, 2.75) is 11.4 Å². The summed E-state index contributed by atoms with van der Waals surface area (Å²) in [6.07, 6.45) is 5.22. The van der Waals surface area contributed by atoms with Crippen LogP contribution in [-0.2, 0) is 16.6 Å². The van der Waals surface area contributed by atoms with Crippen molar-refractivity contribution in [3.05, 3.63) is 23.8 Å². The number of fused-ring (bicyclic) bond motifs is 1. The largest absolute Gasteiger partial charge is 0.480 e. The molecule has 2 aliphatic heterocycles. The molecule has 7 heteroatoms. The Bertz CT molecular complexity index is 566. The lowest BCUT2D eigenvalue weighted by Crippen LogP contribution is -2.56. The molecule has 0 saturated carbocycles. The van der Waals surface area contributed by atoms with Gasteiger partial charge >= 0.3 is 5.97 Å². The number of amides is 1. The second-order valence-electron chi connectivity index (χ2n) is 4.32. The van der Waals surface area contributed by atoms with Gasteiger partial charge in [-0.15, -0.1) is 11.8 Å². The number of carboxylic acids is 1. The van der Waals surface area contributed by atoms with Crippen LogP contribution in [0.2, 0.25) is 0 Å². The van der Waals surface area contributed by atoms with Crippen LogP contribution in [0.4, 0.5) is 0 Å². The van der Waals surface area contributed by atoms with Crippen molar-refractivity contribution in [2.24, 2.45) is 7.05 Å². The number of aliphatic carboxylic acids is 1. The second-order valence-corrected chi connectivity index (χ2v) is 5.43. The summed E-state index contributed by atoms with van der Waals surface area (Å²) in [5, 5.41) is 8.87. The molecule has 0 aliphatic carbocycles. The molecule has 2 aliphatic rings. The Morgan fingerprint density at radius 3 is 3.06 bits per heavy atom. The Labute approximate surface area is 107 Å². The molecule has 0 bridgehead atoms. The summed E-state index contributed by atoms with van der Waals surface area (Å²) in [6.45, 7) is 0. The van der Waals surface area contributed by atoms with Crippen molar-refractivity contribution in [2.75, 3.05) is 5.75 Å². The van der Waals surface area contributed by atoms with Gasteiger partial charge in [0, 0.05) is 19.0 Å². The summed E-state index contributed by atoms with van der Waals surface area (Å²) in [4.78, 5) is 28.4. The molecule has 3 rings (SSSR count). The number of β-lactam (4-membered cyclic amide) rings is 1. The quantitative estimate of drug-likeness (QED) is 0.609. The molecule has 1 amide bonds. The fourth-order valence-electron chi connectivity index (χ4n) is 2.17. The monoisotopic (exact) mass is 265 g/mol. The average molecular weight is 265 g/mol. The number of hydrogen-bond donors (Lipinski definition) is 1. The standard InChI is InChI=1S/C11H11N3O3S/c1-13-3-6(12-5-13)2-7-9(15)14-8(11(16)17)4-18-10(7)14/h2-3,5,8,10H,4H2,1H3,(H,16,17)/t8?,10-/m1/s1. The van der Waals surface area contributed by atoms with Gasteiger partial charge in [-0.05, 0) is 6.08 Å². The van der Waals surface area contributed by atoms with E-state index in [1.807, 2.05) is 13.2 Å². The minimum absolute atomic E-state index is 0.124. The van der Waals surface area contributed by atoms with Crippen LogP contribution >= 0.6 is 11.8 Å². The number of rotatable bonds is 2. The zero-order valence-electron chi connectivity index (χ0n) is 9.61. The zero-order valence-corrected chi connectivity index (χ0v) is 10.4. The predicted molar refractivity (Wildman–Crippen MR) is 65.7 cm³/mol. The van der Waals surface area contributed by atoms with E-state index in [4.69, 9.17) is 5.11 Å². The average Bonchev–Trinajstić information content (AvgIpc) is 2.89. The summed E-state index contributed by atoms with van der Waals surface area (Å²) in [7, 11) is 1.86. The van der Waals surface area contributed by atoms with Crippen molar-refractivity contribution in [1.29, 1.82) is 0 Å². The summed E-state index contributed by atoms with van der Waals surface area (Å²) in [6, 6.07) is -0.687. The Hall–Kier alpha value is -1.76. The highest BCUT2D eigenvalue weighted by Gasteiger charge is 2.53. The Morgan fingerprint density at radius 1 is 1.67 bits per heavy atom. The molecule has 6 nitrogen and oxygen atoms in total. The van der Waals surface area contributed by atoms with E-state index in [0.717, 1.165) is 5.69 Å². The molecule has 1 aromatic heterocycles. The minimum Gasteiger partial charge on any atom is -0.480 e. The van der Waals surface area contributed by atoms with Gasteiger partial charge in [0.15, 0.2) is 0 Å². The van der Waals surface area contributed by atoms with Gasteiger partial charge in [-0.3, -0.25) is 4.79 Å². The molecule has 1 aromatic rings. The molecular weight excluding hydrogens is 254 g/mol. The normalized spacial score (nSPS) is 28.4. The molecule has 1 N–H and O–H groups in total. The van der Waals surface area contributed by atoms with Crippen molar-refractivity contribution >= 4 is 29.7 Å². The van der Waals surface area contributed by atoms with Crippen LogP contribution in [0.3, 0.4) is 0 Å². The van der Waals surface area contributed by atoms with Gasteiger partial charge in [-0.25, -0.2) is 9.78 Å². The van der Waals surface area contributed by atoms with E-state index in [9.17, 15) is 9.59 Å². The Balaban J connectivity index is 1.84. The molecule has 2 fully saturated rings. The molecule has 0 aromatic carbocycles. The lowest BCUT2D eigenvalue weighted by molar-refractivity contribution is -0.150. The third kappa shape index (κ3) is 1.54. The lowest BCUT2D eigenvalue weighted by atomic mass is 10.0. The number of aryl methyl sites for hydroxylation is 1. The van der Waals surface area contributed by atoms with Gasteiger partial charge < -0.3 is 14.6 Å². The predicted octanol–water partition coefficient (Wildman–Crippen LogP) is 0.172. The molecule has 2 saturated heterocycles. The van der Waals surface area contributed by atoms with Crippen molar-refractivity contribution in [3.8, 4) is 0 Å². The van der Waals surface area contributed by atoms with Gasteiger partial charge in [-0.1, -0.05) is 0 Å². The van der Waals surface area contributed by atoms with Gasteiger partial charge in [0.2, 0.25) is 0 Å². The zero-order chi connectivity index (χ0) is 12.9. The first-order chi connectivity index (χ1) is 8.58. The van der Waals surface area contributed by atoms with Crippen LogP contribution in [0.25, 0.3) is 6.08 Å². The van der Waals surface area contributed by atoms with E-state index in [1.165, 1.54) is 16.7 Å². The summed E-state index contributed by atoms with van der Waals surface area (Å²) < 4.78 is 1.80. The van der Waals surface area contributed by atoms with Crippen LogP contribution in [0.5, 0.6) is 0 Å². The smallest absolute Gasteiger partial charge is 0.327 e. The van der Waals surface area contributed by atoms with Crippen molar-refractivity contribution < 1.29 is 14.7 Å². The summed E-state index contributed by atoms with van der Waals surface area (Å²) in [5.41, 5.74) is 1.36. The third-order valence-electron chi connectivity index (χ3n) is 3.06. The maximum absolute atomic E-state index is 11.9. The molecule has 0 spiro atoms. The molecule has 1 unspecified atom stereocenters. The van der Waals surface area contributed by atoms with Crippen LogP contribution in [0, 0.1) is 0 Å². The highest BCUT2D eigenvalue weighted by Crippen LogP contribution is 2.43. The number of hydrogen-bond acceptors (Lipinski definition) is 4. The van der Waals surface area contributed by atoms with Crippen LogP contribution < -0.4 is 0 Å². The number of nitrogens with zero attached hydrogens (tertiary/aromatic N) is 3. The van der Waals surface area contributed by atoms with E-state index in [2.05, 4.69) is 4.98 Å². The van der Waals surface area contributed by atoms with E-state index in [0.29, 0.717) is 11.3 Å². The lowest BCUT2D eigenvalue weighted by Gasteiger charge is -2.38. The first-order valence-electron chi connectivity index (χ1n) is 5.44. The first-order valence-corrected chi connectivity index (χ1v) is 6.49. The van der Waals surface area contributed by atoms with E-state index in [1.54, 1.807) is 17.0 Å². The summed E-state index contributed by atoms with van der Waals surface area (Å²) in [5.74, 6) is -0.677. The van der Waals surface area contributed by atoms with Gasteiger partial charge in [-0.2, -0.15) is 0 Å². The maximum atomic E-state index is 11.9. The Kier molecular flexibility index (Phi) is 2.44. The van der Waals surface area contributed by atoms with E-state index < -0.39 is 12.0 Å². The minimum atomic E-state index is -0.935. The van der Waals surface area contributed by atoms with Gasteiger partial charge in [0.1, 0.15) is 11.4 Å². The number of carbonyl (C=O) groups is 2. The number of carbonyl (C=O) groups excluding carboxylic acids is 1. The summed E-state index contributed by atoms with van der Waals surface area (Å²) >= 11 is 1.49. The molecule has 2 atom stereocenters. The van der Waals surface area contributed by atoms with E-state index in [-0.39, 0.29) is 11.3 Å². The number of thioether (sulfide) groups is 1. The molecule has 3 heterocycles. The van der Waals surface area contributed by atoms with Crippen molar-refractivity contribution in [1.82, 2.24) is 14.5 Å². The third-order valence-corrected chi connectivity index (χ3v) is 4.37. The highest BCUT2D eigenvalue weighted by atomic mass is 32.2. The fourth-order valence-corrected chi connectivity index (χ4v) is 3.59. The molecule has 18 heavy (non-hydrogen) atoms. The van der Waals surface area contributed by atoms with Crippen molar-refractivity contribution in [3.63, 3.8) is 0 Å². The van der Waals surface area contributed by atoms with Gasteiger partial charge in [0.25, 0.3) is 5.91 Å². The van der Waals surface area contributed by atoms with Crippen LogP contribution in [-0.4, -0.2) is 48.6 Å². The van der Waals surface area contributed by atoms with Crippen LogP contribution in [0.15, 0.2) is 18.1 Å². The molecular formula is C11H11N3O3S. The number of aromatic nitrogens is 2. The van der Waals surface area contributed by atoms with Gasteiger partial charge in [0.05, 0.1) is 17.6 Å². The highest BCUT2D eigenvalue weighted by molar-refractivity contribution is 8.00. The number of carboxylic acid groups (broad SMARTS) is 1. The SMILES string of the molecule is Cn1cnc(C=C2C(=O)N3C(C(=O)O)CS[C@H]23)c1. The molecule has 0 radical (unpaired) electrons. The number of imidazole rings is 1. The maximum Gasteiger partial charge on any atom is 0.327 e. The topological polar surface area (TPSA) is 75.4 Å². The Morgan fingerprint density at radius 2 is 2.44 bits per heavy atom. The molecule has 94 valence electrons. The van der Waals surface area contributed by atoms with E-state index >= 15 is 0 Å².